The number of fused-ring (bicyclic) bond motifs is 1. The van der Waals surface area contributed by atoms with Gasteiger partial charge in [0.1, 0.15) is 5.75 Å². The van der Waals surface area contributed by atoms with Crippen LogP contribution in [-0.4, -0.2) is 6.61 Å². The lowest BCUT2D eigenvalue weighted by Crippen LogP contribution is -2.13. The first kappa shape index (κ1) is 11.6. The van der Waals surface area contributed by atoms with Crippen LogP contribution in [0.25, 0.3) is 0 Å². The van der Waals surface area contributed by atoms with Gasteiger partial charge in [-0.1, -0.05) is 11.6 Å². The van der Waals surface area contributed by atoms with Crippen LogP contribution >= 0.6 is 11.6 Å². The molecule has 0 saturated carbocycles. The maximum Gasteiger partial charge on any atom is 0.125 e. The van der Waals surface area contributed by atoms with E-state index in [1.807, 2.05) is 18.2 Å². The molecule has 94 valence electrons. The predicted molar refractivity (Wildman–Crippen MR) is 70.0 cm³/mol. The van der Waals surface area contributed by atoms with Crippen molar-refractivity contribution in [1.29, 1.82) is 0 Å². The lowest BCUT2D eigenvalue weighted by atomic mass is 9.99. The molecule has 18 heavy (non-hydrogen) atoms. The van der Waals surface area contributed by atoms with Gasteiger partial charge in [0.25, 0.3) is 0 Å². The Hall–Kier alpha value is -1.45. The van der Waals surface area contributed by atoms with Crippen molar-refractivity contribution in [3.05, 3.63) is 52.4 Å². The van der Waals surface area contributed by atoms with Crippen molar-refractivity contribution in [3.8, 4) is 5.75 Å². The van der Waals surface area contributed by atoms with Crippen molar-refractivity contribution in [1.82, 2.24) is 0 Å². The van der Waals surface area contributed by atoms with Crippen LogP contribution in [0.2, 0.25) is 5.02 Å². The zero-order chi connectivity index (χ0) is 12.5. The highest BCUT2D eigenvalue weighted by Crippen LogP contribution is 2.34. The fraction of sp³-hybridized carbons (Fsp3) is 0.286. The Balaban J connectivity index is 1.89. The second kappa shape index (κ2) is 4.67. The molecule has 0 amide bonds. The SMILES string of the molecule is NC(Cc1cc(Cl)cc2c1OCC2)c1ccoc1. The summed E-state index contributed by atoms with van der Waals surface area (Å²) in [4.78, 5) is 0. The molecule has 3 rings (SSSR count). The van der Waals surface area contributed by atoms with Crippen LogP contribution in [0.15, 0.2) is 35.1 Å². The predicted octanol–water partition coefficient (Wildman–Crippen LogP) is 3.11. The molecule has 0 radical (unpaired) electrons. The van der Waals surface area contributed by atoms with Gasteiger partial charge in [-0.25, -0.2) is 0 Å². The fourth-order valence-corrected chi connectivity index (χ4v) is 2.60. The van der Waals surface area contributed by atoms with Crippen molar-refractivity contribution in [3.63, 3.8) is 0 Å². The molecule has 1 aromatic carbocycles. The Morgan fingerprint density at radius 1 is 1.39 bits per heavy atom. The third-order valence-corrected chi connectivity index (χ3v) is 3.45. The standard InChI is InChI=1S/C14H14ClNO2/c15-12-5-9-2-4-18-14(9)11(6-12)7-13(16)10-1-3-17-8-10/h1,3,5-6,8,13H,2,4,7,16H2. The molecular formula is C14H14ClNO2. The Morgan fingerprint density at radius 3 is 3.06 bits per heavy atom. The molecule has 1 aliphatic rings. The van der Waals surface area contributed by atoms with Gasteiger partial charge in [-0.05, 0) is 35.7 Å². The third kappa shape index (κ3) is 2.11. The lowest BCUT2D eigenvalue weighted by Gasteiger charge is -2.13. The molecule has 0 fully saturated rings. The maximum absolute atomic E-state index is 6.16. The summed E-state index contributed by atoms with van der Waals surface area (Å²) < 4.78 is 10.7. The van der Waals surface area contributed by atoms with Gasteiger partial charge in [0.05, 0.1) is 19.1 Å². The van der Waals surface area contributed by atoms with Crippen LogP contribution in [-0.2, 0) is 12.8 Å². The lowest BCUT2D eigenvalue weighted by molar-refractivity contribution is 0.352. The van der Waals surface area contributed by atoms with E-state index < -0.39 is 0 Å². The zero-order valence-electron chi connectivity index (χ0n) is 9.86. The van der Waals surface area contributed by atoms with Gasteiger partial charge in [-0.15, -0.1) is 0 Å². The molecule has 2 aromatic rings. The van der Waals surface area contributed by atoms with Gasteiger partial charge in [-0.3, -0.25) is 0 Å². The van der Waals surface area contributed by atoms with Gasteiger partial charge in [0, 0.05) is 23.0 Å². The van der Waals surface area contributed by atoms with E-state index >= 15 is 0 Å². The van der Waals surface area contributed by atoms with E-state index in [0.29, 0.717) is 6.42 Å². The molecule has 1 aliphatic heterocycles. The largest absolute Gasteiger partial charge is 0.493 e. The Bertz CT molecular complexity index is 551. The number of benzene rings is 1. The van der Waals surface area contributed by atoms with Crippen LogP contribution in [0.3, 0.4) is 0 Å². The Morgan fingerprint density at radius 2 is 2.28 bits per heavy atom. The summed E-state index contributed by atoms with van der Waals surface area (Å²) >= 11 is 6.12. The Kier molecular flexibility index (Phi) is 3.02. The van der Waals surface area contributed by atoms with E-state index in [-0.39, 0.29) is 6.04 Å². The molecule has 0 saturated heterocycles. The number of furan rings is 1. The molecule has 0 spiro atoms. The van der Waals surface area contributed by atoms with E-state index in [1.165, 1.54) is 5.56 Å². The molecular weight excluding hydrogens is 250 g/mol. The van der Waals surface area contributed by atoms with E-state index in [2.05, 4.69) is 0 Å². The van der Waals surface area contributed by atoms with Gasteiger partial charge in [0.15, 0.2) is 0 Å². The summed E-state index contributed by atoms with van der Waals surface area (Å²) in [6, 6.07) is 5.69. The van der Waals surface area contributed by atoms with E-state index in [0.717, 1.165) is 34.9 Å². The normalized spacial score (nSPS) is 15.2. The van der Waals surface area contributed by atoms with Crippen LogP contribution < -0.4 is 10.5 Å². The van der Waals surface area contributed by atoms with Crippen molar-refractivity contribution in [2.24, 2.45) is 5.73 Å². The zero-order valence-corrected chi connectivity index (χ0v) is 10.6. The number of halogens is 1. The molecule has 2 N–H and O–H groups in total. The number of rotatable bonds is 3. The number of nitrogens with two attached hydrogens (primary N) is 1. The van der Waals surface area contributed by atoms with E-state index in [9.17, 15) is 0 Å². The highest BCUT2D eigenvalue weighted by atomic mass is 35.5. The topological polar surface area (TPSA) is 48.4 Å². The average Bonchev–Trinajstić information content (AvgIpc) is 2.98. The summed E-state index contributed by atoms with van der Waals surface area (Å²) in [5.41, 5.74) is 9.40. The van der Waals surface area contributed by atoms with Gasteiger partial charge in [-0.2, -0.15) is 0 Å². The van der Waals surface area contributed by atoms with Crippen LogP contribution in [0.4, 0.5) is 0 Å². The fourth-order valence-electron chi connectivity index (χ4n) is 2.34. The smallest absolute Gasteiger partial charge is 0.125 e. The molecule has 1 unspecified atom stereocenters. The van der Waals surface area contributed by atoms with Gasteiger partial charge in [0.2, 0.25) is 0 Å². The highest BCUT2D eigenvalue weighted by molar-refractivity contribution is 6.30. The molecule has 2 heterocycles. The van der Waals surface area contributed by atoms with E-state index in [4.69, 9.17) is 26.5 Å². The second-order valence-electron chi connectivity index (χ2n) is 4.52. The first-order valence-electron chi connectivity index (χ1n) is 5.96. The summed E-state index contributed by atoms with van der Waals surface area (Å²) in [7, 11) is 0. The second-order valence-corrected chi connectivity index (χ2v) is 4.96. The van der Waals surface area contributed by atoms with Gasteiger partial charge >= 0.3 is 0 Å². The minimum absolute atomic E-state index is 0.101. The quantitative estimate of drug-likeness (QED) is 0.926. The number of hydrogen-bond acceptors (Lipinski definition) is 3. The van der Waals surface area contributed by atoms with Crippen molar-refractivity contribution in [2.75, 3.05) is 6.61 Å². The van der Waals surface area contributed by atoms with Crippen LogP contribution in [0.1, 0.15) is 22.7 Å². The van der Waals surface area contributed by atoms with E-state index in [1.54, 1.807) is 12.5 Å². The molecule has 0 aliphatic carbocycles. The summed E-state index contributed by atoms with van der Waals surface area (Å²) in [5.74, 6) is 0.957. The third-order valence-electron chi connectivity index (χ3n) is 3.24. The molecule has 1 aromatic heterocycles. The number of ether oxygens (including phenoxy) is 1. The van der Waals surface area contributed by atoms with Crippen molar-refractivity contribution >= 4 is 11.6 Å². The van der Waals surface area contributed by atoms with Crippen molar-refractivity contribution < 1.29 is 9.15 Å². The summed E-state index contributed by atoms with van der Waals surface area (Å²) in [5, 5.41) is 0.744. The minimum Gasteiger partial charge on any atom is -0.493 e. The molecule has 1 atom stereocenters. The van der Waals surface area contributed by atoms with Crippen molar-refractivity contribution in [2.45, 2.75) is 18.9 Å². The van der Waals surface area contributed by atoms with Gasteiger partial charge < -0.3 is 14.9 Å². The molecule has 3 nitrogen and oxygen atoms in total. The summed E-state index contributed by atoms with van der Waals surface area (Å²) in [6.45, 7) is 0.726. The summed E-state index contributed by atoms with van der Waals surface area (Å²) in [6.07, 6.45) is 4.93. The monoisotopic (exact) mass is 263 g/mol. The number of hydrogen-bond donors (Lipinski definition) is 1. The van der Waals surface area contributed by atoms with Crippen LogP contribution in [0, 0.1) is 0 Å². The average molecular weight is 264 g/mol. The highest BCUT2D eigenvalue weighted by Gasteiger charge is 2.19. The molecule has 4 heteroatoms. The maximum atomic E-state index is 6.16. The van der Waals surface area contributed by atoms with Crippen LogP contribution in [0.5, 0.6) is 5.75 Å². The first-order chi connectivity index (χ1) is 8.74. The Labute approximate surface area is 110 Å². The molecule has 0 bridgehead atoms. The first-order valence-corrected chi connectivity index (χ1v) is 6.33. The minimum atomic E-state index is -0.101.